The van der Waals surface area contributed by atoms with Gasteiger partial charge in [-0.2, -0.15) is 0 Å². The number of rotatable bonds is 4. The fourth-order valence-electron chi connectivity index (χ4n) is 3.17. The van der Waals surface area contributed by atoms with Crippen LogP contribution in [0.1, 0.15) is 24.5 Å². The molecule has 150 valence electrons. The predicted molar refractivity (Wildman–Crippen MR) is 117 cm³/mol. The highest BCUT2D eigenvalue weighted by Crippen LogP contribution is 2.33. The first-order chi connectivity index (χ1) is 13.8. The van der Waals surface area contributed by atoms with Gasteiger partial charge in [0.1, 0.15) is 23.5 Å². The summed E-state index contributed by atoms with van der Waals surface area (Å²) in [4.78, 5) is 18.3. The molecule has 2 aromatic carbocycles. The highest BCUT2D eigenvalue weighted by molar-refractivity contribution is 9.10. The fraction of sp³-hybridized carbons (Fsp3) is 0.238. The quantitative estimate of drug-likeness (QED) is 0.412. The molecule has 0 spiro atoms. The lowest BCUT2D eigenvalue weighted by Crippen LogP contribution is -2.41. The van der Waals surface area contributed by atoms with E-state index in [9.17, 15) is 4.79 Å². The van der Waals surface area contributed by atoms with Gasteiger partial charge >= 0.3 is 5.97 Å². The molecule has 1 aliphatic rings. The monoisotopic (exact) mass is 456 g/mol. The number of anilines is 1. The number of amidine groups is 2. The molecule has 0 radical (unpaired) electrons. The number of nitrogens with zero attached hydrogens (tertiary/aromatic N) is 2. The van der Waals surface area contributed by atoms with Gasteiger partial charge in [-0.25, -0.2) is 0 Å². The van der Waals surface area contributed by atoms with Crippen molar-refractivity contribution in [3.05, 3.63) is 58.1 Å². The first kappa shape index (κ1) is 20.7. The Balaban J connectivity index is 2.27. The van der Waals surface area contributed by atoms with Crippen molar-refractivity contribution in [3.8, 4) is 5.75 Å². The second kappa shape index (κ2) is 8.57. The van der Waals surface area contributed by atoms with E-state index in [1.54, 1.807) is 26.2 Å². The third kappa shape index (κ3) is 4.22. The van der Waals surface area contributed by atoms with Crippen LogP contribution < -0.4 is 9.64 Å². The molecule has 2 aromatic rings. The van der Waals surface area contributed by atoms with Gasteiger partial charge in [0.2, 0.25) is 0 Å². The van der Waals surface area contributed by atoms with Crippen molar-refractivity contribution >= 4 is 45.0 Å². The Morgan fingerprint density at radius 2 is 1.90 bits per heavy atom. The number of carbonyl (C=O) groups excluding carboxylic acids is 1. The van der Waals surface area contributed by atoms with Crippen LogP contribution in [0.15, 0.2) is 51.9 Å². The van der Waals surface area contributed by atoms with Crippen LogP contribution in [0.3, 0.4) is 0 Å². The topological polar surface area (TPSA) is 98.8 Å². The van der Waals surface area contributed by atoms with E-state index in [1.165, 1.54) is 12.0 Å². The zero-order valence-corrected chi connectivity index (χ0v) is 17.9. The van der Waals surface area contributed by atoms with Crippen LogP contribution in [-0.2, 0) is 9.53 Å². The van der Waals surface area contributed by atoms with Crippen molar-refractivity contribution in [2.75, 3.05) is 19.1 Å². The second-order valence-electron chi connectivity index (χ2n) is 6.47. The minimum absolute atomic E-state index is 0.0430. The van der Waals surface area contributed by atoms with Gasteiger partial charge in [0.15, 0.2) is 0 Å². The van der Waals surface area contributed by atoms with Crippen LogP contribution in [-0.4, -0.2) is 43.6 Å². The third-order valence-corrected chi connectivity index (χ3v) is 5.11. The summed E-state index contributed by atoms with van der Waals surface area (Å²) in [5, 5.41) is 16.9. The Morgan fingerprint density at radius 1 is 1.21 bits per heavy atom. The fourth-order valence-corrected chi connectivity index (χ4v) is 3.44. The second-order valence-corrected chi connectivity index (χ2v) is 7.39. The van der Waals surface area contributed by atoms with Crippen LogP contribution in [0.2, 0.25) is 0 Å². The van der Waals surface area contributed by atoms with Crippen LogP contribution in [0.5, 0.6) is 5.75 Å². The Kier molecular flexibility index (Phi) is 6.12. The van der Waals surface area contributed by atoms with E-state index in [0.29, 0.717) is 17.1 Å². The highest BCUT2D eigenvalue weighted by atomic mass is 79.9. The summed E-state index contributed by atoms with van der Waals surface area (Å²) >= 11 is 3.44. The van der Waals surface area contributed by atoms with Gasteiger partial charge in [0.25, 0.3) is 0 Å². The summed E-state index contributed by atoms with van der Waals surface area (Å²) in [5.74, 6) is 0.365. The minimum atomic E-state index is -0.792. The van der Waals surface area contributed by atoms with Gasteiger partial charge in [-0.1, -0.05) is 28.1 Å². The lowest BCUT2D eigenvalue weighted by Gasteiger charge is -2.26. The molecular weight excluding hydrogens is 436 g/mol. The number of esters is 1. The average Bonchev–Trinajstić information content (AvgIpc) is 2.82. The molecular formula is C21H21BrN4O3. The molecule has 0 amide bonds. The molecule has 1 heterocycles. The first-order valence-electron chi connectivity index (χ1n) is 8.88. The highest BCUT2D eigenvalue weighted by Gasteiger charge is 2.32. The Hall–Kier alpha value is -3.00. The molecule has 1 aliphatic heterocycles. The molecule has 29 heavy (non-hydrogen) atoms. The summed E-state index contributed by atoms with van der Waals surface area (Å²) in [6.07, 6.45) is -0.0930. The molecule has 0 bridgehead atoms. The van der Waals surface area contributed by atoms with E-state index < -0.39 is 12.0 Å². The Labute approximate surface area is 177 Å². The summed E-state index contributed by atoms with van der Waals surface area (Å²) in [5.41, 5.74) is 2.80. The van der Waals surface area contributed by atoms with Gasteiger partial charge in [0, 0.05) is 15.6 Å². The van der Waals surface area contributed by atoms with Crippen LogP contribution >= 0.6 is 15.9 Å². The lowest BCUT2D eigenvalue weighted by atomic mass is 9.99. The van der Waals surface area contributed by atoms with E-state index >= 15 is 0 Å². The van der Waals surface area contributed by atoms with Crippen molar-refractivity contribution in [2.24, 2.45) is 4.99 Å². The predicted octanol–water partition coefficient (Wildman–Crippen LogP) is 4.02. The number of nitrogens with one attached hydrogen (secondary N) is 2. The van der Waals surface area contributed by atoms with Crippen molar-refractivity contribution in [1.82, 2.24) is 0 Å². The Bertz CT molecular complexity index is 1000. The maximum absolute atomic E-state index is 12.0. The molecule has 0 aromatic heterocycles. The molecule has 3 rings (SSSR count). The van der Waals surface area contributed by atoms with Crippen molar-refractivity contribution in [2.45, 2.75) is 19.4 Å². The normalized spacial score (nSPS) is 15.9. The van der Waals surface area contributed by atoms with E-state index in [4.69, 9.17) is 25.3 Å². The molecule has 0 unspecified atom stereocenters. The number of hydrogen-bond acceptors (Lipinski definition) is 6. The van der Waals surface area contributed by atoms with E-state index in [1.807, 2.05) is 30.3 Å². The molecule has 0 fully saturated rings. The number of benzene rings is 2. The van der Waals surface area contributed by atoms with Crippen LogP contribution in [0, 0.1) is 10.8 Å². The number of halogens is 1. The van der Waals surface area contributed by atoms with Gasteiger partial charge < -0.3 is 9.47 Å². The van der Waals surface area contributed by atoms with Gasteiger partial charge in [0.05, 0.1) is 32.0 Å². The summed E-state index contributed by atoms with van der Waals surface area (Å²) < 4.78 is 11.1. The number of carbonyl (C=O) groups is 1. The molecule has 0 saturated heterocycles. The van der Waals surface area contributed by atoms with Gasteiger partial charge in [-0.05, 0) is 37.3 Å². The van der Waals surface area contributed by atoms with Gasteiger partial charge in [-0.3, -0.25) is 25.5 Å². The summed E-state index contributed by atoms with van der Waals surface area (Å²) in [7, 11) is 2.89. The van der Waals surface area contributed by atoms with Crippen LogP contribution in [0.4, 0.5) is 5.69 Å². The largest absolute Gasteiger partial charge is 0.497 e. The zero-order chi connectivity index (χ0) is 21.1. The maximum atomic E-state index is 12.0. The lowest BCUT2D eigenvalue weighted by molar-refractivity contribution is -0.140. The number of benzodiazepines with no additional fused rings is 1. The number of ether oxygens (including phenoxy) is 2. The molecule has 7 nitrogen and oxygen atoms in total. The molecule has 0 saturated carbocycles. The standard InChI is InChI=1S/C21H21BrN4O3/c1-12(23)26-18-9-8-15(28-2)10-16(18)20(13-4-6-14(22)7-5-13)25-17(21(26)24)11-19(27)29-3/h4-10,17,23-24H,11H2,1-3H3/t17-/m0/s1. The minimum Gasteiger partial charge on any atom is -0.497 e. The molecule has 0 aliphatic carbocycles. The average molecular weight is 457 g/mol. The number of aliphatic imine (C=N–C) groups is 1. The first-order valence-corrected chi connectivity index (χ1v) is 9.67. The maximum Gasteiger partial charge on any atom is 0.308 e. The van der Waals surface area contributed by atoms with E-state index in [0.717, 1.165) is 15.6 Å². The smallest absolute Gasteiger partial charge is 0.308 e. The van der Waals surface area contributed by atoms with Crippen molar-refractivity contribution < 1.29 is 14.3 Å². The molecule has 1 atom stereocenters. The number of methoxy groups -OCH3 is 2. The third-order valence-electron chi connectivity index (χ3n) is 4.58. The van der Waals surface area contributed by atoms with Crippen molar-refractivity contribution in [3.63, 3.8) is 0 Å². The van der Waals surface area contributed by atoms with E-state index in [2.05, 4.69) is 15.9 Å². The zero-order valence-electron chi connectivity index (χ0n) is 16.3. The SMILES string of the molecule is COC(=O)C[C@@H]1N=C(c2ccc(Br)cc2)c2cc(OC)ccc2N(C(C)=N)C1=N. The van der Waals surface area contributed by atoms with Crippen LogP contribution in [0.25, 0.3) is 0 Å². The molecule has 2 N–H and O–H groups in total. The van der Waals surface area contributed by atoms with E-state index in [-0.39, 0.29) is 18.1 Å². The van der Waals surface area contributed by atoms with Gasteiger partial charge in [-0.15, -0.1) is 0 Å². The summed E-state index contributed by atoms with van der Waals surface area (Å²) in [6.45, 7) is 1.60. The summed E-state index contributed by atoms with van der Waals surface area (Å²) in [6, 6.07) is 12.3. The molecule has 8 heteroatoms. The number of hydrogen-bond donors (Lipinski definition) is 2. The Morgan fingerprint density at radius 3 is 2.48 bits per heavy atom. The van der Waals surface area contributed by atoms with Crippen molar-refractivity contribution in [1.29, 1.82) is 10.8 Å². The number of fused-ring (bicyclic) bond motifs is 1.